The van der Waals surface area contributed by atoms with Gasteiger partial charge in [-0.3, -0.25) is 4.79 Å². The van der Waals surface area contributed by atoms with Crippen molar-refractivity contribution in [1.29, 1.82) is 0 Å². The van der Waals surface area contributed by atoms with E-state index < -0.39 is 12.0 Å². The molecule has 2 N–H and O–H groups in total. The van der Waals surface area contributed by atoms with E-state index in [0.717, 1.165) is 5.56 Å². The normalized spacial score (nSPS) is 18.5. The second-order valence-electron chi connectivity index (χ2n) is 5.06. The van der Waals surface area contributed by atoms with Gasteiger partial charge >= 0.3 is 5.97 Å². The van der Waals surface area contributed by atoms with Crippen LogP contribution < -0.4 is 5.32 Å². The van der Waals surface area contributed by atoms with Gasteiger partial charge in [-0.25, -0.2) is 0 Å². The number of rotatable bonds is 4. The number of likely N-dealkylation sites (N-methyl/N-ethyl adjacent to an activating group) is 1. The largest absolute Gasteiger partial charge is 0.480 e. The second kappa shape index (κ2) is 6.01. The highest BCUT2D eigenvalue weighted by atomic mass is 16.4. The van der Waals surface area contributed by atoms with Crippen molar-refractivity contribution < 1.29 is 9.90 Å². The molecule has 2 rings (SSSR count). The number of hydrogen-bond acceptors (Lipinski definition) is 2. The molecule has 0 amide bonds. The molecule has 3 heteroatoms. The first kappa shape index (κ1) is 13.1. The summed E-state index contributed by atoms with van der Waals surface area (Å²) in [4.78, 5) is 11.1. The van der Waals surface area contributed by atoms with Crippen LogP contribution in [0.4, 0.5) is 0 Å². The molecule has 0 radical (unpaired) electrons. The molecule has 0 aliphatic heterocycles. The first-order valence-electron chi connectivity index (χ1n) is 6.72. The fourth-order valence-electron chi connectivity index (χ4n) is 2.83. The summed E-state index contributed by atoms with van der Waals surface area (Å²) in [5, 5.41) is 11.9. The van der Waals surface area contributed by atoms with Gasteiger partial charge in [0.2, 0.25) is 0 Å². The summed E-state index contributed by atoms with van der Waals surface area (Å²) in [6.45, 7) is 0. The Morgan fingerprint density at radius 1 is 1.22 bits per heavy atom. The van der Waals surface area contributed by atoms with E-state index in [1.165, 1.54) is 37.7 Å². The van der Waals surface area contributed by atoms with Crippen LogP contribution in [0.25, 0.3) is 0 Å². The van der Waals surface area contributed by atoms with Crippen LogP contribution in [0.2, 0.25) is 0 Å². The molecule has 1 aliphatic carbocycles. The molecule has 1 aliphatic rings. The van der Waals surface area contributed by atoms with Gasteiger partial charge in [0.1, 0.15) is 6.04 Å². The minimum absolute atomic E-state index is 0.606. The number of carbonyl (C=O) groups is 1. The zero-order valence-electron chi connectivity index (χ0n) is 10.9. The molecule has 3 nitrogen and oxygen atoms in total. The molecule has 0 heterocycles. The van der Waals surface area contributed by atoms with E-state index in [0.29, 0.717) is 5.92 Å². The summed E-state index contributed by atoms with van der Waals surface area (Å²) in [5.41, 5.74) is 2.18. The average Bonchev–Trinajstić information content (AvgIpc) is 2.41. The van der Waals surface area contributed by atoms with Crippen LogP contribution in [0.3, 0.4) is 0 Å². The number of benzene rings is 1. The van der Waals surface area contributed by atoms with Gasteiger partial charge in [-0.05, 0) is 36.9 Å². The summed E-state index contributed by atoms with van der Waals surface area (Å²) in [7, 11) is 1.67. The molecule has 1 aromatic rings. The minimum atomic E-state index is -0.831. The van der Waals surface area contributed by atoms with Gasteiger partial charge < -0.3 is 10.4 Å². The van der Waals surface area contributed by atoms with Crippen molar-refractivity contribution in [3.8, 4) is 0 Å². The molecule has 18 heavy (non-hydrogen) atoms. The monoisotopic (exact) mass is 247 g/mol. The van der Waals surface area contributed by atoms with Gasteiger partial charge in [-0.15, -0.1) is 0 Å². The highest BCUT2D eigenvalue weighted by Crippen LogP contribution is 2.32. The van der Waals surface area contributed by atoms with Crippen LogP contribution in [-0.2, 0) is 4.79 Å². The Labute approximate surface area is 108 Å². The Morgan fingerprint density at radius 3 is 2.33 bits per heavy atom. The maximum absolute atomic E-state index is 11.1. The summed E-state index contributed by atoms with van der Waals surface area (Å²) >= 11 is 0. The van der Waals surface area contributed by atoms with Crippen LogP contribution in [0.1, 0.15) is 55.2 Å². The zero-order chi connectivity index (χ0) is 13.0. The fourth-order valence-corrected chi connectivity index (χ4v) is 2.83. The van der Waals surface area contributed by atoms with Gasteiger partial charge in [-0.2, -0.15) is 0 Å². The van der Waals surface area contributed by atoms with E-state index in [9.17, 15) is 4.79 Å². The molecule has 1 unspecified atom stereocenters. The van der Waals surface area contributed by atoms with Crippen molar-refractivity contribution in [2.45, 2.75) is 44.1 Å². The van der Waals surface area contributed by atoms with E-state index in [-0.39, 0.29) is 0 Å². The smallest absolute Gasteiger partial charge is 0.325 e. The Kier molecular flexibility index (Phi) is 4.37. The Bertz CT molecular complexity index is 393. The quantitative estimate of drug-likeness (QED) is 0.859. The lowest BCUT2D eigenvalue weighted by atomic mass is 9.84. The van der Waals surface area contributed by atoms with Crippen LogP contribution in [0, 0.1) is 0 Å². The lowest BCUT2D eigenvalue weighted by Gasteiger charge is -2.22. The van der Waals surface area contributed by atoms with Crippen molar-refractivity contribution in [2.75, 3.05) is 7.05 Å². The molecular formula is C15H21NO2. The zero-order valence-corrected chi connectivity index (χ0v) is 10.9. The van der Waals surface area contributed by atoms with Crippen LogP contribution >= 0.6 is 0 Å². The number of carboxylic acids is 1. The Balaban J connectivity index is 2.11. The first-order valence-corrected chi connectivity index (χ1v) is 6.72. The number of hydrogen-bond donors (Lipinski definition) is 2. The maximum atomic E-state index is 11.1. The lowest BCUT2D eigenvalue weighted by Crippen LogP contribution is -2.24. The van der Waals surface area contributed by atoms with E-state index in [4.69, 9.17) is 5.11 Å². The minimum Gasteiger partial charge on any atom is -0.480 e. The van der Waals surface area contributed by atoms with Crippen LogP contribution in [0.15, 0.2) is 24.3 Å². The summed E-state index contributed by atoms with van der Waals surface area (Å²) < 4.78 is 0. The molecule has 98 valence electrons. The van der Waals surface area contributed by atoms with E-state index in [1.807, 2.05) is 12.1 Å². The highest BCUT2D eigenvalue weighted by Gasteiger charge is 2.19. The van der Waals surface area contributed by atoms with E-state index in [2.05, 4.69) is 17.4 Å². The summed E-state index contributed by atoms with van der Waals surface area (Å²) in [6, 6.07) is 7.47. The van der Waals surface area contributed by atoms with Crippen LogP contribution in [0.5, 0.6) is 0 Å². The lowest BCUT2D eigenvalue weighted by molar-refractivity contribution is -0.139. The average molecular weight is 247 g/mol. The van der Waals surface area contributed by atoms with Crippen molar-refractivity contribution in [2.24, 2.45) is 0 Å². The SMILES string of the molecule is CNC(C(=O)O)c1ccc(C2CCCCC2)cc1. The van der Waals surface area contributed by atoms with E-state index >= 15 is 0 Å². The third-order valence-electron chi connectivity index (χ3n) is 3.88. The number of carboxylic acid groups (broad SMARTS) is 1. The molecule has 1 atom stereocenters. The third-order valence-corrected chi connectivity index (χ3v) is 3.88. The molecule has 0 spiro atoms. The van der Waals surface area contributed by atoms with Crippen molar-refractivity contribution in [3.63, 3.8) is 0 Å². The van der Waals surface area contributed by atoms with Crippen molar-refractivity contribution >= 4 is 5.97 Å². The summed E-state index contributed by atoms with van der Waals surface area (Å²) in [6.07, 6.45) is 6.54. The number of nitrogens with one attached hydrogen (secondary N) is 1. The van der Waals surface area contributed by atoms with E-state index in [1.54, 1.807) is 7.05 Å². The van der Waals surface area contributed by atoms with Gasteiger partial charge in [0.25, 0.3) is 0 Å². The molecule has 0 aromatic heterocycles. The first-order chi connectivity index (χ1) is 8.72. The molecule has 1 fully saturated rings. The predicted octanol–water partition coefficient (Wildman–Crippen LogP) is 3.08. The third kappa shape index (κ3) is 2.91. The topological polar surface area (TPSA) is 49.3 Å². The summed E-state index contributed by atoms with van der Waals surface area (Å²) in [5.74, 6) is -0.159. The van der Waals surface area contributed by atoms with Gasteiger partial charge in [0, 0.05) is 0 Å². The van der Waals surface area contributed by atoms with Gasteiger partial charge in [0.05, 0.1) is 0 Å². The molecule has 1 saturated carbocycles. The number of aliphatic carboxylic acids is 1. The Hall–Kier alpha value is -1.35. The van der Waals surface area contributed by atoms with Gasteiger partial charge in [-0.1, -0.05) is 43.5 Å². The Morgan fingerprint density at radius 2 is 1.83 bits per heavy atom. The molecule has 0 saturated heterocycles. The second-order valence-corrected chi connectivity index (χ2v) is 5.06. The molecule has 0 bridgehead atoms. The van der Waals surface area contributed by atoms with Crippen molar-refractivity contribution in [3.05, 3.63) is 35.4 Å². The fraction of sp³-hybridized carbons (Fsp3) is 0.533. The highest BCUT2D eigenvalue weighted by molar-refractivity contribution is 5.75. The standard InChI is InChI=1S/C15H21NO2/c1-16-14(15(17)18)13-9-7-12(8-10-13)11-5-3-2-4-6-11/h7-11,14,16H,2-6H2,1H3,(H,17,18). The molecule has 1 aromatic carbocycles. The van der Waals surface area contributed by atoms with Crippen LogP contribution in [-0.4, -0.2) is 18.1 Å². The van der Waals surface area contributed by atoms with Gasteiger partial charge in [0.15, 0.2) is 0 Å². The molecular weight excluding hydrogens is 226 g/mol. The maximum Gasteiger partial charge on any atom is 0.325 e. The predicted molar refractivity (Wildman–Crippen MR) is 71.7 cm³/mol. The van der Waals surface area contributed by atoms with Crippen molar-refractivity contribution in [1.82, 2.24) is 5.32 Å².